The summed E-state index contributed by atoms with van der Waals surface area (Å²) < 4.78 is 22.6. The van der Waals surface area contributed by atoms with Crippen LogP contribution >= 0.6 is 10.3 Å². The minimum absolute atomic E-state index is 0.0362. The van der Waals surface area contributed by atoms with E-state index in [1.807, 2.05) is 10.9 Å². The predicted octanol–water partition coefficient (Wildman–Crippen LogP) is 5.34. The molecule has 198 valence electrons. The fraction of sp³-hybridized carbons (Fsp3) is 0.630. The Kier molecular flexibility index (Phi) is 7.11. The molecule has 2 saturated heterocycles. The van der Waals surface area contributed by atoms with E-state index in [0.29, 0.717) is 6.61 Å². The number of imidazole rings is 1. The van der Waals surface area contributed by atoms with Crippen molar-refractivity contribution in [1.29, 1.82) is 0 Å². The van der Waals surface area contributed by atoms with Crippen LogP contribution in [0.15, 0.2) is 24.5 Å². The Morgan fingerprint density at radius 3 is 2.61 bits per heavy atom. The van der Waals surface area contributed by atoms with E-state index in [1.54, 1.807) is 0 Å². The molecule has 5 heterocycles. The van der Waals surface area contributed by atoms with Crippen LogP contribution in [0.4, 0.5) is 5.69 Å². The second kappa shape index (κ2) is 10.0. The molecule has 0 bridgehead atoms. The van der Waals surface area contributed by atoms with Crippen molar-refractivity contribution in [2.75, 3.05) is 50.3 Å². The molecule has 1 atom stereocenters. The maximum Gasteiger partial charge on any atom is 0.150 e. The lowest BCUT2D eigenvalue weighted by atomic mass is 10.1. The normalized spacial score (nSPS) is 20.3. The molecule has 0 radical (unpaired) electrons. The van der Waals surface area contributed by atoms with Gasteiger partial charge in [-0.25, -0.2) is 9.67 Å². The summed E-state index contributed by atoms with van der Waals surface area (Å²) in [5.74, 6) is 0. The summed E-state index contributed by atoms with van der Waals surface area (Å²) in [6.45, 7) is 13.4. The monoisotopic (exact) mass is 515 g/mol. The zero-order chi connectivity index (χ0) is 25.5. The molecule has 2 fully saturated rings. The highest BCUT2D eigenvalue weighted by atomic mass is 32.3. The fourth-order valence-electron chi connectivity index (χ4n) is 4.66. The number of hydrogen-bond donors (Lipinski definition) is 0. The van der Waals surface area contributed by atoms with Crippen molar-refractivity contribution in [3.05, 3.63) is 35.9 Å². The van der Waals surface area contributed by atoms with Crippen LogP contribution in [0.2, 0.25) is 0 Å². The Balaban J connectivity index is 1.59. The highest BCUT2D eigenvalue weighted by Gasteiger charge is 2.30. The smallest absolute Gasteiger partial charge is 0.150 e. The van der Waals surface area contributed by atoms with Gasteiger partial charge < -0.3 is 23.0 Å². The number of aryl methyl sites for hydroxylation is 1. The average Bonchev–Trinajstić information content (AvgIpc) is 3.48. The molecular weight excluding hydrogens is 474 g/mol. The first-order valence-electron chi connectivity index (χ1n) is 13.0. The molecule has 3 aromatic rings. The van der Waals surface area contributed by atoms with Gasteiger partial charge in [0.2, 0.25) is 0 Å². The maximum atomic E-state index is 6.53. The Hall–Kier alpha value is -2.07. The Labute approximate surface area is 216 Å². The molecule has 5 rings (SSSR count). The molecule has 0 aromatic carbocycles. The van der Waals surface area contributed by atoms with Gasteiger partial charge in [-0.3, -0.25) is 0 Å². The molecule has 36 heavy (non-hydrogen) atoms. The number of rotatable bonds is 6. The number of anilines is 1. The fourth-order valence-corrected chi connectivity index (χ4v) is 5.42. The zero-order valence-corrected chi connectivity index (χ0v) is 23.4. The molecule has 0 N–H and O–H groups in total. The van der Waals surface area contributed by atoms with Crippen LogP contribution in [0.25, 0.3) is 16.9 Å². The zero-order valence-electron chi connectivity index (χ0n) is 22.6. The van der Waals surface area contributed by atoms with Crippen LogP contribution in [-0.2, 0) is 20.3 Å². The number of nitrogens with zero attached hydrogens (tertiary/aromatic N) is 5. The summed E-state index contributed by atoms with van der Waals surface area (Å²) in [6, 6.07) is 4.35. The topological polar surface area (TPSA) is 66.0 Å². The summed E-state index contributed by atoms with van der Waals surface area (Å²) in [6.07, 6.45) is 11.8. The van der Waals surface area contributed by atoms with Crippen LogP contribution in [-0.4, -0.2) is 69.3 Å². The number of ether oxygens (including phenoxy) is 2. The largest absolute Gasteiger partial charge is 0.378 e. The summed E-state index contributed by atoms with van der Waals surface area (Å²) in [5, 5.41) is 4.69. The van der Waals surface area contributed by atoms with E-state index in [1.165, 1.54) is 5.69 Å². The van der Waals surface area contributed by atoms with E-state index in [-0.39, 0.29) is 11.0 Å². The van der Waals surface area contributed by atoms with Crippen molar-refractivity contribution >= 4 is 21.6 Å². The minimum Gasteiger partial charge on any atom is -0.378 e. The minimum atomic E-state index is -1.25. The molecule has 2 aliphatic rings. The van der Waals surface area contributed by atoms with Crippen LogP contribution in [0.3, 0.4) is 0 Å². The Morgan fingerprint density at radius 2 is 1.92 bits per heavy atom. The molecule has 0 amide bonds. The molecule has 0 aliphatic carbocycles. The molecule has 2 aliphatic heterocycles. The Bertz CT molecular complexity index is 1200. The maximum absolute atomic E-state index is 6.53. The van der Waals surface area contributed by atoms with Crippen molar-refractivity contribution in [1.82, 2.24) is 19.2 Å². The first-order valence-corrected chi connectivity index (χ1v) is 15.4. The molecule has 8 nitrogen and oxygen atoms in total. The van der Waals surface area contributed by atoms with Crippen LogP contribution in [0, 0.1) is 6.92 Å². The third kappa shape index (κ3) is 4.90. The van der Waals surface area contributed by atoms with Gasteiger partial charge in [-0.15, -0.1) is 10.3 Å². The van der Waals surface area contributed by atoms with Gasteiger partial charge in [0.25, 0.3) is 0 Å². The number of morpholine rings is 1. The lowest BCUT2D eigenvalue weighted by Gasteiger charge is -2.43. The van der Waals surface area contributed by atoms with E-state index in [0.717, 1.165) is 80.5 Å². The quantitative estimate of drug-likeness (QED) is 0.442. The molecule has 3 aromatic heterocycles. The van der Waals surface area contributed by atoms with Crippen molar-refractivity contribution < 1.29 is 13.7 Å². The SMILES string of the molecule is Cc1c(COS(C)(C)C(C)(C)C)nc2c(-c3ccnn3C3CCCCO3)cc(N3CCOCC3)cn12. The van der Waals surface area contributed by atoms with Crippen molar-refractivity contribution in [3.63, 3.8) is 0 Å². The van der Waals surface area contributed by atoms with Gasteiger partial charge in [0, 0.05) is 48.1 Å². The van der Waals surface area contributed by atoms with Crippen molar-refractivity contribution in [2.45, 2.75) is 64.5 Å². The van der Waals surface area contributed by atoms with E-state index < -0.39 is 10.3 Å². The number of hydrogen-bond acceptors (Lipinski definition) is 6. The van der Waals surface area contributed by atoms with Gasteiger partial charge >= 0.3 is 0 Å². The summed E-state index contributed by atoms with van der Waals surface area (Å²) in [5.41, 5.74) is 6.32. The number of pyridine rings is 1. The highest BCUT2D eigenvalue weighted by molar-refractivity contribution is 8.29. The van der Waals surface area contributed by atoms with Crippen LogP contribution in [0.5, 0.6) is 0 Å². The van der Waals surface area contributed by atoms with Crippen molar-refractivity contribution in [3.8, 4) is 11.3 Å². The number of aromatic nitrogens is 4. The summed E-state index contributed by atoms with van der Waals surface area (Å²) in [4.78, 5) is 7.55. The lowest BCUT2D eigenvalue weighted by Crippen LogP contribution is -2.36. The van der Waals surface area contributed by atoms with Gasteiger partial charge in [0.1, 0.15) is 12.3 Å². The van der Waals surface area contributed by atoms with Gasteiger partial charge in [0.05, 0.1) is 30.3 Å². The summed E-state index contributed by atoms with van der Waals surface area (Å²) in [7, 11) is -1.25. The van der Waals surface area contributed by atoms with Crippen LogP contribution < -0.4 is 4.90 Å². The third-order valence-corrected chi connectivity index (χ3v) is 11.4. The van der Waals surface area contributed by atoms with E-state index in [4.69, 9.17) is 18.6 Å². The lowest BCUT2D eigenvalue weighted by molar-refractivity contribution is -0.0383. The molecule has 0 saturated carbocycles. The summed E-state index contributed by atoms with van der Waals surface area (Å²) >= 11 is 0. The first kappa shape index (κ1) is 25.6. The van der Waals surface area contributed by atoms with E-state index in [9.17, 15) is 0 Å². The van der Waals surface area contributed by atoms with Gasteiger partial charge in [-0.1, -0.05) is 20.8 Å². The second-order valence-corrected chi connectivity index (χ2v) is 15.1. The highest BCUT2D eigenvalue weighted by Crippen LogP contribution is 2.54. The van der Waals surface area contributed by atoms with E-state index >= 15 is 0 Å². The van der Waals surface area contributed by atoms with E-state index in [2.05, 4.69) is 72.9 Å². The van der Waals surface area contributed by atoms with Gasteiger partial charge in [0.15, 0.2) is 6.23 Å². The molecule has 0 spiro atoms. The first-order chi connectivity index (χ1) is 17.2. The van der Waals surface area contributed by atoms with Gasteiger partial charge in [-0.05, 0) is 50.8 Å². The molecule has 1 unspecified atom stereocenters. The van der Waals surface area contributed by atoms with Gasteiger partial charge in [-0.2, -0.15) is 5.10 Å². The standard InChI is InChI=1S/C27H41N5O3S/c1-20-23(19-35-36(5,6)27(2,3)4)29-26-22(17-21(18-31(20)26)30-12-15-33-16-13-30)24-10-11-28-32(24)25-9-7-8-14-34-25/h10-11,17-18,25H,7-9,12-16,19H2,1-6H3. The second-order valence-electron chi connectivity index (χ2n) is 11.1. The average molecular weight is 516 g/mol. The number of fused-ring (bicyclic) bond motifs is 1. The molecule has 9 heteroatoms. The third-order valence-electron chi connectivity index (χ3n) is 7.76. The van der Waals surface area contributed by atoms with Crippen molar-refractivity contribution in [2.24, 2.45) is 0 Å². The molecular formula is C27H41N5O3S. The predicted molar refractivity (Wildman–Crippen MR) is 147 cm³/mol. The Morgan fingerprint density at radius 1 is 1.14 bits per heavy atom. The van der Waals surface area contributed by atoms with Crippen LogP contribution in [0.1, 0.15) is 57.6 Å².